The molecule has 0 saturated carbocycles. The van der Waals surface area contributed by atoms with E-state index in [-0.39, 0.29) is 18.2 Å². The zero-order chi connectivity index (χ0) is 19.6. The van der Waals surface area contributed by atoms with Gasteiger partial charge in [-0.25, -0.2) is 0 Å². The Bertz CT molecular complexity index is 793. The van der Waals surface area contributed by atoms with Gasteiger partial charge in [-0.05, 0) is 43.7 Å². The first-order valence-electron chi connectivity index (χ1n) is 8.78. The van der Waals surface area contributed by atoms with E-state index >= 15 is 0 Å². The van der Waals surface area contributed by atoms with Crippen LogP contribution < -0.4 is 25.8 Å². The second-order valence-electron chi connectivity index (χ2n) is 5.79. The summed E-state index contributed by atoms with van der Waals surface area (Å²) in [7, 11) is 1.53. The van der Waals surface area contributed by atoms with Crippen molar-refractivity contribution in [3.05, 3.63) is 48.0 Å². The quantitative estimate of drug-likeness (QED) is 0.465. The van der Waals surface area contributed by atoms with Crippen LogP contribution in [0, 0.1) is 0 Å². The molecule has 0 saturated heterocycles. The summed E-state index contributed by atoms with van der Waals surface area (Å²) in [6.07, 6.45) is 0.791. The summed E-state index contributed by atoms with van der Waals surface area (Å²) in [6, 6.07) is 12.1. The highest BCUT2D eigenvalue weighted by molar-refractivity contribution is 5.97. The second-order valence-corrected chi connectivity index (χ2v) is 5.79. The highest BCUT2D eigenvalue weighted by Crippen LogP contribution is 2.24. The SMILES string of the molecule is CCOc1ccccc1C(=O)NCCCC(=O)Nc1ccc(OC)c(N)c1. The molecule has 144 valence electrons. The number of nitrogens with two attached hydrogens (primary N) is 1. The van der Waals surface area contributed by atoms with Crippen molar-refractivity contribution in [3.63, 3.8) is 0 Å². The van der Waals surface area contributed by atoms with Crippen LogP contribution in [0.4, 0.5) is 11.4 Å². The minimum atomic E-state index is -0.220. The number of para-hydroxylation sites is 1. The Morgan fingerprint density at radius 3 is 2.59 bits per heavy atom. The van der Waals surface area contributed by atoms with E-state index in [1.807, 2.05) is 13.0 Å². The van der Waals surface area contributed by atoms with Crippen molar-refractivity contribution in [1.82, 2.24) is 5.32 Å². The number of hydrogen-bond acceptors (Lipinski definition) is 5. The highest BCUT2D eigenvalue weighted by atomic mass is 16.5. The summed E-state index contributed by atoms with van der Waals surface area (Å²) in [5.41, 5.74) is 7.36. The zero-order valence-corrected chi connectivity index (χ0v) is 15.6. The largest absolute Gasteiger partial charge is 0.495 e. The average molecular weight is 371 g/mol. The summed E-state index contributed by atoms with van der Waals surface area (Å²) >= 11 is 0. The first-order valence-corrected chi connectivity index (χ1v) is 8.78. The summed E-state index contributed by atoms with van der Waals surface area (Å²) in [5.74, 6) is 0.737. The number of rotatable bonds is 9. The number of amides is 2. The van der Waals surface area contributed by atoms with Gasteiger partial charge >= 0.3 is 0 Å². The molecule has 0 radical (unpaired) electrons. The van der Waals surface area contributed by atoms with E-state index in [0.29, 0.717) is 48.0 Å². The first-order chi connectivity index (χ1) is 13.0. The van der Waals surface area contributed by atoms with E-state index in [0.717, 1.165) is 0 Å². The first kappa shape index (κ1) is 20.1. The van der Waals surface area contributed by atoms with Gasteiger partial charge in [-0.3, -0.25) is 9.59 Å². The normalized spacial score (nSPS) is 10.1. The predicted molar refractivity (Wildman–Crippen MR) is 105 cm³/mol. The molecule has 0 bridgehead atoms. The molecule has 0 aliphatic heterocycles. The zero-order valence-electron chi connectivity index (χ0n) is 15.6. The van der Waals surface area contributed by atoms with Gasteiger partial charge in [-0.2, -0.15) is 0 Å². The lowest BCUT2D eigenvalue weighted by atomic mass is 10.2. The standard InChI is InChI=1S/C20H25N3O4/c1-3-27-17-8-5-4-7-15(17)20(25)22-12-6-9-19(24)23-14-10-11-18(26-2)16(21)13-14/h4-5,7-8,10-11,13H,3,6,9,12,21H2,1-2H3,(H,22,25)(H,23,24). The number of carbonyl (C=O) groups is 2. The fourth-order valence-electron chi connectivity index (χ4n) is 2.52. The van der Waals surface area contributed by atoms with Crippen molar-refractivity contribution in [3.8, 4) is 11.5 Å². The van der Waals surface area contributed by atoms with Crippen molar-refractivity contribution in [1.29, 1.82) is 0 Å². The monoisotopic (exact) mass is 371 g/mol. The minimum absolute atomic E-state index is 0.150. The topological polar surface area (TPSA) is 103 Å². The maximum absolute atomic E-state index is 12.3. The lowest BCUT2D eigenvalue weighted by molar-refractivity contribution is -0.116. The number of anilines is 2. The number of nitrogens with one attached hydrogen (secondary N) is 2. The molecule has 0 aliphatic carbocycles. The molecule has 2 aromatic rings. The maximum Gasteiger partial charge on any atom is 0.255 e. The van der Waals surface area contributed by atoms with Gasteiger partial charge in [-0.1, -0.05) is 12.1 Å². The predicted octanol–water partition coefficient (Wildman–Crippen LogP) is 2.82. The van der Waals surface area contributed by atoms with Crippen molar-refractivity contribution >= 4 is 23.2 Å². The molecule has 0 atom stereocenters. The Hall–Kier alpha value is -3.22. The number of ether oxygens (including phenoxy) is 2. The fraction of sp³-hybridized carbons (Fsp3) is 0.300. The Morgan fingerprint density at radius 2 is 1.89 bits per heavy atom. The van der Waals surface area contributed by atoms with E-state index < -0.39 is 0 Å². The number of nitrogen functional groups attached to an aromatic ring is 1. The smallest absolute Gasteiger partial charge is 0.255 e. The van der Waals surface area contributed by atoms with Crippen molar-refractivity contribution < 1.29 is 19.1 Å². The van der Waals surface area contributed by atoms with Gasteiger partial charge in [0.05, 0.1) is 25.0 Å². The van der Waals surface area contributed by atoms with Crippen LogP contribution in [0.5, 0.6) is 11.5 Å². The van der Waals surface area contributed by atoms with Gasteiger partial charge in [0.15, 0.2) is 0 Å². The molecule has 2 amide bonds. The van der Waals surface area contributed by atoms with Gasteiger partial charge in [0.2, 0.25) is 5.91 Å². The van der Waals surface area contributed by atoms with E-state index in [4.69, 9.17) is 15.2 Å². The van der Waals surface area contributed by atoms with Gasteiger partial charge in [-0.15, -0.1) is 0 Å². The lowest BCUT2D eigenvalue weighted by Crippen LogP contribution is -2.26. The molecule has 0 aliphatic rings. The Balaban J connectivity index is 1.77. The Morgan fingerprint density at radius 1 is 1.11 bits per heavy atom. The van der Waals surface area contributed by atoms with Crippen LogP contribution in [0.25, 0.3) is 0 Å². The summed E-state index contributed by atoms with van der Waals surface area (Å²) in [4.78, 5) is 24.3. The molecular formula is C20H25N3O4. The summed E-state index contributed by atoms with van der Waals surface area (Å²) in [5, 5.41) is 5.58. The summed E-state index contributed by atoms with van der Waals surface area (Å²) < 4.78 is 10.5. The molecule has 0 aromatic heterocycles. The highest BCUT2D eigenvalue weighted by Gasteiger charge is 2.11. The molecule has 0 unspecified atom stereocenters. The fourth-order valence-corrected chi connectivity index (χ4v) is 2.52. The van der Waals surface area contributed by atoms with Crippen LogP contribution in [0.15, 0.2) is 42.5 Å². The molecule has 27 heavy (non-hydrogen) atoms. The molecule has 7 heteroatoms. The lowest BCUT2D eigenvalue weighted by Gasteiger charge is -2.11. The minimum Gasteiger partial charge on any atom is -0.495 e. The molecule has 0 fully saturated rings. The van der Waals surface area contributed by atoms with E-state index in [1.54, 1.807) is 36.4 Å². The average Bonchev–Trinajstić information content (AvgIpc) is 2.66. The number of benzene rings is 2. The van der Waals surface area contributed by atoms with Gasteiger partial charge in [0, 0.05) is 18.7 Å². The molecule has 2 rings (SSSR count). The molecule has 7 nitrogen and oxygen atoms in total. The second kappa shape index (κ2) is 10.1. The van der Waals surface area contributed by atoms with Gasteiger partial charge < -0.3 is 25.8 Å². The Kier molecular flexibility index (Phi) is 7.49. The van der Waals surface area contributed by atoms with Crippen LogP contribution in [0.1, 0.15) is 30.1 Å². The summed E-state index contributed by atoms with van der Waals surface area (Å²) in [6.45, 7) is 2.74. The number of methoxy groups -OCH3 is 1. The third kappa shape index (κ3) is 5.91. The van der Waals surface area contributed by atoms with E-state index in [9.17, 15) is 9.59 Å². The molecule has 2 aromatic carbocycles. The molecular weight excluding hydrogens is 346 g/mol. The third-order valence-corrected chi connectivity index (χ3v) is 3.81. The molecule has 0 heterocycles. The van der Waals surface area contributed by atoms with Crippen LogP contribution in [0.2, 0.25) is 0 Å². The maximum atomic E-state index is 12.3. The number of carbonyl (C=O) groups excluding carboxylic acids is 2. The van der Waals surface area contributed by atoms with E-state index in [2.05, 4.69) is 10.6 Å². The van der Waals surface area contributed by atoms with Crippen molar-refractivity contribution in [2.45, 2.75) is 19.8 Å². The van der Waals surface area contributed by atoms with E-state index in [1.165, 1.54) is 7.11 Å². The molecule has 4 N–H and O–H groups in total. The molecule has 0 spiro atoms. The Labute approximate surface area is 158 Å². The number of hydrogen-bond donors (Lipinski definition) is 3. The van der Waals surface area contributed by atoms with Gasteiger partial charge in [0.25, 0.3) is 5.91 Å². The van der Waals surface area contributed by atoms with Crippen LogP contribution in [-0.2, 0) is 4.79 Å². The van der Waals surface area contributed by atoms with Crippen LogP contribution >= 0.6 is 0 Å². The van der Waals surface area contributed by atoms with Crippen molar-refractivity contribution in [2.75, 3.05) is 31.3 Å². The third-order valence-electron chi connectivity index (χ3n) is 3.81. The van der Waals surface area contributed by atoms with Crippen LogP contribution in [-0.4, -0.2) is 32.1 Å². The van der Waals surface area contributed by atoms with Crippen molar-refractivity contribution in [2.24, 2.45) is 0 Å². The van der Waals surface area contributed by atoms with Gasteiger partial charge in [0.1, 0.15) is 11.5 Å². The van der Waals surface area contributed by atoms with Crippen LogP contribution in [0.3, 0.4) is 0 Å².